The molecule has 1 heterocycles. The first kappa shape index (κ1) is 20.7. The summed E-state index contributed by atoms with van der Waals surface area (Å²) in [5, 5.41) is 3.01. The van der Waals surface area contributed by atoms with Gasteiger partial charge in [0.1, 0.15) is 11.5 Å². The van der Waals surface area contributed by atoms with Crippen LogP contribution in [0.25, 0.3) is 0 Å². The second-order valence-electron chi connectivity index (χ2n) is 7.89. The molecule has 0 bridgehead atoms. The molecule has 4 rings (SSSR count). The van der Waals surface area contributed by atoms with E-state index in [0.717, 1.165) is 52.7 Å². The minimum absolute atomic E-state index is 0.0219. The van der Waals surface area contributed by atoms with Gasteiger partial charge in [-0.1, -0.05) is 28.1 Å². The van der Waals surface area contributed by atoms with Crippen LogP contribution in [0.2, 0.25) is 0 Å². The minimum Gasteiger partial charge on any atom is -0.496 e. The molecule has 1 fully saturated rings. The van der Waals surface area contributed by atoms with Crippen LogP contribution >= 0.6 is 15.9 Å². The smallest absolute Gasteiger partial charge is 0.415 e. The first-order valence-corrected chi connectivity index (χ1v) is 11.0. The maximum atomic E-state index is 12.7. The average molecular weight is 473 g/mol. The van der Waals surface area contributed by atoms with Gasteiger partial charge in [-0.25, -0.2) is 4.79 Å². The van der Waals surface area contributed by atoms with Crippen LogP contribution in [0.15, 0.2) is 40.9 Å². The predicted molar refractivity (Wildman–Crippen MR) is 118 cm³/mol. The molecular formula is C23H25BrN2O4. The van der Waals surface area contributed by atoms with Crippen LogP contribution < -0.4 is 14.8 Å². The third-order valence-corrected chi connectivity index (χ3v) is 6.76. The average Bonchev–Trinajstić information content (AvgIpc) is 2.75. The van der Waals surface area contributed by atoms with Crippen molar-refractivity contribution in [3.8, 4) is 11.5 Å². The van der Waals surface area contributed by atoms with Gasteiger partial charge in [-0.2, -0.15) is 0 Å². The van der Waals surface area contributed by atoms with Gasteiger partial charge in [-0.05, 0) is 56.4 Å². The second-order valence-corrected chi connectivity index (χ2v) is 8.75. The van der Waals surface area contributed by atoms with Gasteiger partial charge in [-0.3, -0.25) is 4.79 Å². The van der Waals surface area contributed by atoms with Crippen molar-refractivity contribution in [2.24, 2.45) is 5.92 Å². The van der Waals surface area contributed by atoms with Crippen molar-refractivity contribution < 1.29 is 19.1 Å². The second kappa shape index (κ2) is 8.68. The van der Waals surface area contributed by atoms with Crippen LogP contribution in [0.3, 0.4) is 0 Å². The van der Waals surface area contributed by atoms with Crippen molar-refractivity contribution in [1.82, 2.24) is 4.90 Å². The lowest BCUT2D eigenvalue weighted by atomic mass is 9.84. The summed E-state index contributed by atoms with van der Waals surface area (Å²) in [6.45, 7) is 2.49. The summed E-state index contributed by atoms with van der Waals surface area (Å²) < 4.78 is 11.8. The normalized spacial score (nSPS) is 20.9. The number of ether oxygens (including phenoxy) is 2. The molecule has 0 aromatic heterocycles. The summed E-state index contributed by atoms with van der Waals surface area (Å²) in [5.74, 6) is 1.33. The number of hydrogen-bond acceptors (Lipinski definition) is 4. The van der Waals surface area contributed by atoms with Crippen LogP contribution in [-0.2, 0) is 11.3 Å². The zero-order chi connectivity index (χ0) is 21.3. The lowest BCUT2D eigenvalue weighted by Gasteiger charge is -2.38. The Labute approximate surface area is 184 Å². The number of hydrogen-bond donors (Lipinski definition) is 1. The molecule has 0 spiro atoms. The Morgan fingerprint density at radius 1 is 1.20 bits per heavy atom. The zero-order valence-electron chi connectivity index (χ0n) is 17.1. The van der Waals surface area contributed by atoms with E-state index in [0.29, 0.717) is 12.3 Å². The van der Waals surface area contributed by atoms with E-state index in [4.69, 9.17) is 9.47 Å². The highest BCUT2D eigenvalue weighted by molar-refractivity contribution is 9.10. The molecule has 2 aromatic carbocycles. The maximum Gasteiger partial charge on any atom is 0.415 e. The summed E-state index contributed by atoms with van der Waals surface area (Å²) >= 11 is 3.55. The Morgan fingerprint density at radius 3 is 2.70 bits per heavy atom. The number of amides is 2. The molecular weight excluding hydrogens is 448 g/mol. The lowest BCUT2D eigenvalue weighted by molar-refractivity contribution is -0.121. The number of anilines is 1. The summed E-state index contributed by atoms with van der Waals surface area (Å²) in [6.07, 6.45) is 2.74. The van der Waals surface area contributed by atoms with E-state index in [9.17, 15) is 9.59 Å². The van der Waals surface area contributed by atoms with Gasteiger partial charge in [0.25, 0.3) is 0 Å². The molecule has 0 atom stereocenters. The number of halogens is 1. The summed E-state index contributed by atoms with van der Waals surface area (Å²) in [5.41, 5.74) is 2.76. The number of methoxy groups -OCH3 is 1. The molecule has 2 aliphatic rings. The number of fused-ring (bicyclic) bond motifs is 1. The molecule has 0 saturated heterocycles. The van der Waals surface area contributed by atoms with E-state index < -0.39 is 0 Å². The number of nitrogens with zero attached hydrogens (tertiary/aromatic N) is 1. The van der Waals surface area contributed by atoms with E-state index >= 15 is 0 Å². The Balaban J connectivity index is 1.36. The zero-order valence-corrected chi connectivity index (χ0v) is 18.7. The first-order chi connectivity index (χ1) is 14.5. The van der Waals surface area contributed by atoms with Crippen molar-refractivity contribution in [2.45, 2.75) is 45.2 Å². The van der Waals surface area contributed by atoms with Crippen molar-refractivity contribution in [1.29, 1.82) is 0 Å². The van der Waals surface area contributed by atoms with Crippen molar-refractivity contribution in [3.05, 3.63) is 52.0 Å². The molecule has 30 heavy (non-hydrogen) atoms. The quantitative estimate of drug-likeness (QED) is 0.657. The number of aryl methyl sites for hydroxylation is 1. The van der Waals surface area contributed by atoms with Crippen LogP contribution in [0.5, 0.6) is 11.5 Å². The third kappa shape index (κ3) is 4.17. The van der Waals surface area contributed by atoms with Gasteiger partial charge in [0, 0.05) is 33.7 Å². The van der Waals surface area contributed by atoms with Gasteiger partial charge in [-0.15, -0.1) is 0 Å². The number of carbonyl (C=O) groups excluding carboxylic acids is 2. The van der Waals surface area contributed by atoms with Crippen LogP contribution in [0.4, 0.5) is 10.5 Å². The highest BCUT2D eigenvalue weighted by atomic mass is 79.9. The van der Waals surface area contributed by atoms with E-state index in [1.165, 1.54) is 0 Å². The number of benzene rings is 2. The fraction of sp³-hybridized carbons (Fsp3) is 0.391. The first-order valence-electron chi connectivity index (χ1n) is 10.2. The molecule has 0 unspecified atom stereocenters. The topological polar surface area (TPSA) is 67.9 Å². The number of rotatable bonds is 4. The summed E-state index contributed by atoms with van der Waals surface area (Å²) in [4.78, 5) is 27.1. The number of nitrogens with one attached hydrogen (secondary N) is 1. The fourth-order valence-corrected chi connectivity index (χ4v) is 4.72. The molecule has 1 N–H and O–H groups in total. The molecule has 158 valence electrons. The molecule has 1 saturated carbocycles. The van der Waals surface area contributed by atoms with Crippen molar-refractivity contribution in [3.63, 3.8) is 0 Å². The Hall–Kier alpha value is -2.54. The maximum absolute atomic E-state index is 12.7. The van der Waals surface area contributed by atoms with E-state index in [1.807, 2.05) is 43.3 Å². The Morgan fingerprint density at radius 2 is 1.97 bits per heavy atom. The predicted octanol–water partition coefficient (Wildman–Crippen LogP) is 5.28. The van der Waals surface area contributed by atoms with Gasteiger partial charge in [0.05, 0.1) is 13.7 Å². The van der Waals surface area contributed by atoms with Crippen LogP contribution in [0.1, 0.15) is 36.8 Å². The van der Waals surface area contributed by atoms with E-state index in [1.54, 1.807) is 12.0 Å². The van der Waals surface area contributed by atoms with E-state index in [-0.39, 0.29) is 24.0 Å². The van der Waals surface area contributed by atoms with Gasteiger partial charge in [0.2, 0.25) is 5.91 Å². The third-order valence-electron chi connectivity index (χ3n) is 6.02. The highest BCUT2D eigenvalue weighted by Crippen LogP contribution is 2.36. The van der Waals surface area contributed by atoms with Gasteiger partial charge >= 0.3 is 6.09 Å². The summed E-state index contributed by atoms with van der Waals surface area (Å²) in [6, 6.07) is 11.4. The monoisotopic (exact) mass is 472 g/mol. The molecule has 1 aliphatic carbocycles. The van der Waals surface area contributed by atoms with E-state index in [2.05, 4.69) is 21.2 Å². The molecule has 2 aromatic rings. The number of carbonyl (C=O) groups is 2. The molecule has 2 amide bonds. The largest absolute Gasteiger partial charge is 0.496 e. The standard InChI is InChI=1S/C23H25BrN2O4/c1-14-6-9-16(12-21(14)29-2)25-22(27)15-7-10-17(11-8-15)26-13-18-19(24)4-3-5-20(18)30-23(26)28/h3-6,9,12,15,17H,7-8,10-11,13H2,1-2H3,(H,25,27). The Kier molecular flexibility index (Phi) is 5.99. The molecule has 0 radical (unpaired) electrons. The van der Waals surface area contributed by atoms with Crippen molar-refractivity contribution in [2.75, 3.05) is 12.4 Å². The summed E-state index contributed by atoms with van der Waals surface area (Å²) in [7, 11) is 1.62. The van der Waals surface area contributed by atoms with Crippen LogP contribution in [-0.4, -0.2) is 30.1 Å². The Bertz CT molecular complexity index is 970. The highest BCUT2D eigenvalue weighted by Gasteiger charge is 2.35. The fourth-order valence-electron chi connectivity index (χ4n) is 4.25. The lowest BCUT2D eigenvalue weighted by Crippen LogP contribution is -2.46. The van der Waals surface area contributed by atoms with Gasteiger partial charge < -0.3 is 19.7 Å². The molecule has 7 heteroatoms. The van der Waals surface area contributed by atoms with Crippen LogP contribution in [0, 0.1) is 12.8 Å². The SMILES string of the molecule is COc1cc(NC(=O)C2CCC(N3Cc4c(Br)cccc4OC3=O)CC2)ccc1C. The van der Waals surface area contributed by atoms with Crippen molar-refractivity contribution >= 4 is 33.6 Å². The molecule has 1 aliphatic heterocycles. The van der Waals surface area contributed by atoms with Gasteiger partial charge in [0.15, 0.2) is 0 Å². The minimum atomic E-state index is -0.305. The molecule has 6 nitrogen and oxygen atoms in total.